The molecule has 0 radical (unpaired) electrons. The van der Waals surface area contributed by atoms with E-state index < -0.39 is 0 Å². The van der Waals surface area contributed by atoms with Crippen molar-refractivity contribution in [3.63, 3.8) is 0 Å². The molecule has 0 amide bonds. The molecule has 16 heavy (non-hydrogen) atoms. The van der Waals surface area contributed by atoms with Crippen LogP contribution in [0.5, 0.6) is 5.75 Å². The Balaban J connectivity index is 3.13. The average molecular weight is 241 g/mol. The number of hydrogen-bond acceptors (Lipinski definition) is 2. The van der Waals surface area contributed by atoms with Crippen molar-refractivity contribution in [2.24, 2.45) is 0 Å². The quantitative estimate of drug-likeness (QED) is 0.581. The van der Waals surface area contributed by atoms with Crippen molar-refractivity contribution in [1.82, 2.24) is 0 Å². The zero-order valence-corrected chi connectivity index (χ0v) is 10.7. The lowest BCUT2D eigenvalue weighted by Gasteiger charge is -2.15. The van der Waals surface area contributed by atoms with Crippen molar-refractivity contribution >= 4 is 17.9 Å². The zero-order chi connectivity index (χ0) is 12.1. The van der Waals surface area contributed by atoms with Crippen LogP contribution >= 0.6 is 11.6 Å². The Labute approximate surface area is 102 Å². The molecular formula is C13H17ClO2. The summed E-state index contributed by atoms with van der Waals surface area (Å²) in [6, 6.07) is 3.81. The van der Waals surface area contributed by atoms with E-state index >= 15 is 0 Å². The fourth-order valence-corrected chi connectivity index (χ4v) is 1.64. The predicted octanol–water partition coefficient (Wildman–Crippen LogP) is 3.55. The third-order valence-electron chi connectivity index (χ3n) is 2.48. The van der Waals surface area contributed by atoms with E-state index in [1.165, 1.54) is 0 Å². The maximum Gasteiger partial charge on any atom is 0.150 e. The Morgan fingerprint density at radius 1 is 1.44 bits per heavy atom. The highest BCUT2D eigenvalue weighted by molar-refractivity contribution is 6.18. The van der Waals surface area contributed by atoms with Gasteiger partial charge in [0.15, 0.2) is 0 Å². The van der Waals surface area contributed by atoms with Gasteiger partial charge in [0, 0.05) is 5.56 Å². The smallest absolute Gasteiger partial charge is 0.150 e. The summed E-state index contributed by atoms with van der Waals surface area (Å²) >= 11 is 5.60. The summed E-state index contributed by atoms with van der Waals surface area (Å²) in [5.74, 6) is 1.62. The first-order chi connectivity index (χ1) is 7.60. The normalized spacial score (nSPS) is 10.6. The molecule has 0 aromatic heterocycles. The lowest BCUT2D eigenvalue weighted by Crippen LogP contribution is -2.04. The van der Waals surface area contributed by atoms with Crippen molar-refractivity contribution in [3.8, 4) is 5.75 Å². The molecule has 0 spiro atoms. The summed E-state index contributed by atoms with van der Waals surface area (Å²) in [5, 5.41) is 0. The van der Waals surface area contributed by atoms with Gasteiger partial charge in [0.05, 0.1) is 5.88 Å². The molecule has 3 heteroatoms. The lowest BCUT2D eigenvalue weighted by atomic mass is 9.97. The second kappa shape index (κ2) is 5.90. The Kier molecular flexibility index (Phi) is 4.81. The SMILES string of the molecule is Cc1cc(OCCCl)c(C(C)C)cc1C=O. The standard InChI is InChI=1S/C13H17ClO2/c1-9(2)12-7-11(8-15)10(3)6-13(12)16-5-4-14/h6-9H,4-5H2,1-3H3. The minimum Gasteiger partial charge on any atom is -0.492 e. The topological polar surface area (TPSA) is 26.3 Å². The predicted molar refractivity (Wildman–Crippen MR) is 66.9 cm³/mol. The van der Waals surface area contributed by atoms with Crippen molar-refractivity contribution < 1.29 is 9.53 Å². The average Bonchev–Trinajstić information content (AvgIpc) is 2.25. The number of aldehydes is 1. The molecule has 1 aromatic rings. The fraction of sp³-hybridized carbons (Fsp3) is 0.462. The van der Waals surface area contributed by atoms with Crippen LogP contribution in [0.3, 0.4) is 0 Å². The van der Waals surface area contributed by atoms with Crippen LogP contribution in [0, 0.1) is 6.92 Å². The monoisotopic (exact) mass is 240 g/mol. The zero-order valence-electron chi connectivity index (χ0n) is 9.92. The second-order valence-electron chi connectivity index (χ2n) is 4.06. The van der Waals surface area contributed by atoms with Crippen molar-refractivity contribution in [1.29, 1.82) is 0 Å². The molecule has 0 saturated heterocycles. The summed E-state index contributed by atoms with van der Waals surface area (Å²) in [6.45, 7) is 6.54. The largest absolute Gasteiger partial charge is 0.492 e. The van der Waals surface area contributed by atoms with Crippen LogP contribution in [0.2, 0.25) is 0 Å². The Morgan fingerprint density at radius 3 is 2.62 bits per heavy atom. The van der Waals surface area contributed by atoms with Crippen molar-refractivity contribution in [2.45, 2.75) is 26.7 Å². The minimum absolute atomic E-state index is 0.324. The highest BCUT2D eigenvalue weighted by atomic mass is 35.5. The summed E-state index contributed by atoms with van der Waals surface area (Å²) in [6.07, 6.45) is 0.881. The number of ether oxygens (including phenoxy) is 1. The molecule has 1 rings (SSSR count). The first kappa shape index (κ1) is 13.0. The number of hydrogen-bond donors (Lipinski definition) is 0. The first-order valence-corrected chi connectivity index (χ1v) is 5.92. The van der Waals surface area contributed by atoms with Crippen molar-refractivity contribution in [3.05, 3.63) is 28.8 Å². The Bertz CT molecular complexity index is 372. The number of rotatable bonds is 5. The van der Waals surface area contributed by atoms with Gasteiger partial charge in [-0.15, -0.1) is 11.6 Å². The summed E-state index contributed by atoms with van der Waals surface area (Å²) in [5.41, 5.74) is 2.71. The molecule has 0 heterocycles. The molecule has 0 atom stereocenters. The molecule has 0 unspecified atom stereocenters. The molecule has 0 aliphatic heterocycles. The summed E-state index contributed by atoms with van der Waals surface area (Å²) in [4.78, 5) is 10.9. The van der Waals surface area contributed by atoms with Crippen molar-refractivity contribution in [2.75, 3.05) is 12.5 Å². The Morgan fingerprint density at radius 2 is 2.12 bits per heavy atom. The van der Waals surface area contributed by atoms with Gasteiger partial charge in [-0.05, 0) is 36.1 Å². The molecule has 0 aliphatic rings. The number of halogens is 1. The minimum atomic E-state index is 0.324. The second-order valence-corrected chi connectivity index (χ2v) is 4.43. The third-order valence-corrected chi connectivity index (χ3v) is 2.64. The molecule has 0 aliphatic carbocycles. The molecule has 1 aromatic carbocycles. The van der Waals surface area contributed by atoms with Gasteiger partial charge in [-0.1, -0.05) is 13.8 Å². The van der Waals surface area contributed by atoms with Gasteiger partial charge < -0.3 is 4.74 Å². The maximum atomic E-state index is 10.9. The molecule has 0 saturated carbocycles. The number of alkyl halides is 1. The van der Waals surface area contributed by atoms with E-state index in [9.17, 15) is 4.79 Å². The third kappa shape index (κ3) is 2.99. The molecule has 0 fully saturated rings. The van der Waals surface area contributed by atoms with E-state index in [1.54, 1.807) is 0 Å². The van der Waals surface area contributed by atoms with Gasteiger partial charge in [-0.3, -0.25) is 4.79 Å². The number of benzene rings is 1. The maximum absolute atomic E-state index is 10.9. The van der Waals surface area contributed by atoms with Crippen LogP contribution in [0.15, 0.2) is 12.1 Å². The van der Waals surface area contributed by atoms with Gasteiger partial charge in [0.25, 0.3) is 0 Å². The lowest BCUT2D eigenvalue weighted by molar-refractivity contribution is 0.112. The van der Waals surface area contributed by atoms with E-state index in [1.807, 2.05) is 19.1 Å². The molecule has 88 valence electrons. The molecule has 0 N–H and O–H groups in total. The van der Waals surface area contributed by atoms with Gasteiger partial charge >= 0.3 is 0 Å². The van der Waals surface area contributed by atoms with Gasteiger partial charge in [0.1, 0.15) is 18.6 Å². The fourth-order valence-electron chi connectivity index (χ4n) is 1.57. The van der Waals surface area contributed by atoms with Crippen LogP contribution in [0.1, 0.15) is 41.3 Å². The number of carbonyl (C=O) groups excluding carboxylic acids is 1. The van der Waals surface area contributed by atoms with Gasteiger partial charge in [-0.25, -0.2) is 0 Å². The van der Waals surface area contributed by atoms with E-state index in [0.29, 0.717) is 18.4 Å². The van der Waals surface area contributed by atoms with Gasteiger partial charge in [0.2, 0.25) is 0 Å². The Hall–Kier alpha value is -1.02. The highest BCUT2D eigenvalue weighted by Gasteiger charge is 2.11. The van der Waals surface area contributed by atoms with Crippen LogP contribution in [0.25, 0.3) is 0 Å². The van der Waals surface area contributed by atoms with Crippen LogP contribution in [-0.2, 0) is 0 Å². The van der Waals surface area contributed by atoms with E-state index in [2.05, 4.69) is 13.8 Å². The summed E-state index contributed by atoms with van der Waals surface area (Å²) in [7, 11) is 0. The highest BCUT2D eigenvalue weighted by Crippen LogP contribution is 2.29. The van der Waals surface area contributed by atoms with E-state index in [4.69, 9.17) is 16.3 Å². The van der Waals surface area contributed by atoms with E-state index in [0.717, 1.165) is 28.7 Å². The molecular weight excluding hydrogens is 224 g/mol. The first-order valence-electron chi connectivity index (χ1n) is 5.38. The molecule has 0 bridgehead atoms. The van der Waals surface area contributed by atoms with Crippen LogP contribution < -0.4 is 4.74 Å². The summed E-state index contributed by atoms with van der Waals surface area (Å²) < 4.78 is 5.58. The van der Waals surface area contributed by atoms with E-state index in [-0.39, 0.29) is 0 Å². The van der Waals surface area contributed by atoms with Crippen LogP contribution in [-0.4, -0.2) is 18.8 Å². The molecule has 2 nitrogen and oxygen atoms in total. The number of aryl methyl sites for hydroxylation is 1. The van der Waals surface area contributed by atoms with Gasteiger partial charge in [-0.2, -0.15) is 0 Å². The number of carbonyl (C=O) groups is 1. The van der Waals surface area contributed by atoms with Crippen LogP contribution in [0.4, 0.5) is 0 Å².